The Morgan fingerprint density at radius 1 is 1.54 bits per heavy atom. The monoisotopic (exact) mass is 196 g/mol. The Bertz CT molecular complexity index is 271. The number of ether oxygens (including phenoxy) is 1. The summed E-state index contributed by atoms with van der Waals surface area (Å²) in [5.41, 5.74) is -1.04. The van der Waals surface area contributed by atoms with Gasteiger partial charge >= 0.3 is 6.18 Å². The zero-order chi connectivity index (χ0) is 9.90. The van der Waals surface area contributed by atoms with E-state index in [9.17, 15) is 13.2 Å². The first-order chi connectivity index (χ1) is 6.05. The van der Waals surface area contributed by atoms with Crippen molar-refractivity contribution in [3.63, 3.8) is 0 Å². The molecule has 1 aromatic rings. The lowest BCUT2D eigenvalue weighted by Gasteiger charge is -2.06. The number of aromatic nitrogens is 2. The molecule has 7 heteroatoms. The zero-order valence-corrected chi connectivity index (χ0v) is 6.43. The number of hydrogen-bond donors (Lipinski definition) is 2. The van der Waals surface area contributed by atoms with Crippen LogP contribution in [-0.2, 0) is 6.18 Å². The summed E-state index contributed by atoms with van der Waals surface area (Å²) < 4.78 is 40.9. The fourth-order valence-electron chi connectivity index (χ4n) is 0.743. The Morgan fingerprint density at radius 2 is 2.23 bits per heavy atom. The number of hydrogen-bond acceptors (Lipinski definition) is 3. The number of halogens is 3. The van der Waals surface area contributed by atoms with Crippen molar-refractivity contribution < 1.29 is 23.0 Å². The van der Waals surface area contributed by atoms with Crippen molar-refractivity contribution in [3.05, 3.63) is 11.9 Å². The standard InChI is InChI=1S/C6H7F3N2O2/c7-6(8,9)5-4(3-10-11-5)13-2-1-12/h3,12H,1-2H2,(H,10,11). The Morgan fingerprint density at radius 3 is 2.77 bits per heavy atom. The predicted molar refractivity (Wildman–Crippen MR) is 36.2 cm³/mol. The van der Waals surface area contributed by atoms with Gasteiger partial charge in [-0.25, -0.2) is 0 Å². The van der Waals surface area contributed by atoms with Crippen molar-refractivity contribution in [2.75, 3.05) is 13.2 Å². The van der Waals surface area contributed by atoms with E-state index in [0.29, 0.717) is 0 Å². The first-order valence-electron chi connectivity index (χ1n) is 3.40. The van der Waals surface area contributed by atoms with Crippen molar-refractivity contribution in [3.8, 4) is 5.75 Å². The molecule has 0 aliphatic rings. The minimum absolute atomic E-state index is 0.192. The molecule has 0 spiro atoms. The Balaban J connectivity index is 2.77. The van der Waals surface area contributed by atoms with Crippen LogP contribution in [0, 0.1) is 0 Å². The highest BCUT2D eigenvalue weighted by molar-refractivity contribution is 5.26. The van der Waals surface area contributed by atoms with Gasteiger partial charge in [-0.2, -0.15) is 18.3 Å². The maximum atomic E-state index is 12.1. The first-order valence-corrected chi connectivity index (χ1v) is 3.40. The molecule has 0 amide bonds. The summed E-state index contributed by atoms with van der Waals surface area (Å²) in [6, 6.07) is 0. The van der Waals surface area contributed by atoms with Crippen molar-refractivity contribution in [2.24, 2.45) is 0 Å². The van der Waals surface area contributed by atoms with Crippen LogP contribution < -0.4 is 4.74 Å². The van der Waals surface area contributed by atoms with E-state index in [1.165, 1.54) is 0 Å². The van der Waals surface area contributed by atoms with Gasteiger partial charge in [-0.05, 0) is 0 Å². The lowest BCUT2D eigenvalue weighted by Crippen LogP contribution is -2.10. The van der Waals surface area contributed by atoms with Gasteiger partial charge in [-0.15, -0.1) is 0 Å². The number of nitrogens with one attached hydrogen (secondary N) is 1. The summed E-state index contributed by atoms with van der Waals surface area (Å²) in [4.78, 5) is 0. The molecule has 1 heterocycles. The second kappa shape index (κ2) is 3.65. The third-order valence-electron chi connectivity index (χ3n) is 1.24. The van der Waals surface area contributed by atoms with Crippen molar-refractivity contribution >= 4 is 0 Å². The highest BCUT2D eigenvalue weighted by Gasteiger charge is 2.36. The lowest BCUT2D eigenvalue weighted by molar-refractivity contribution is -0.142. The molecule has 2 N–H and O–H groups in total. The van der Waals surface area contributed by atoms with Crippen LogP contribution in [0.5, 0.6) is 5.75 Å². The molecule has 0 unspecified atom stereocenters. The minimum atomic E-state index is -4.51. The molecule has 0 atom stereocenters. The van der Waals surface area contributed by atoms with Gasteiger partial charge in [0, 0.05) is 0 Å². The molecule has 0 aliphatic heterocycles. The molecule has 0 aromatic carbocycles. The zero-order valence-electron chi connectivity index (χ0n) is 6.43. The summed E-state index contributed by atoms with van der Waals surface area (Å²) in [6.45, 7) is -0.537. The van der Waals surface area contributed by atoms with E-state index in [1.54, 1.807) is 5.10 Å². The maximum absolute atomic E-state index is 12.1. The lowest BCUT2D eigenvalue weighted by atomic mass is 10.4. The average molecular weight is 196 g/mol. The molecule has 1 rings (SSSR count). The molecule has 0 bridgehead atoms. The van der Waals surface area contributed by atoms with Crippen molar-refractivity contribution in [1.29, 1.82) is 0 Å². The topological polar surface area (TPSA) is 58.1 Å². The van der Waals surface area contributed by atoms with Gasteiger partial charge in [0.2, 0.25) is 0 Å². The molecule has 4 nitrogen and oxygen atoms in total. The Labute approximate surface area is 71.3 Å². The molecule has 1 aromatic heterocycles. The largest absolute Gasteiger partial charge is 0.487 e. The van der Waals surface area contributed by atoms with Crippen LogP contribution in [-0.4, -0.2) is 28.5 Å². The third-order valence-corrected chi connectivity index (χ3v) is 1.24. The highest BCUT2D eigenvalue weighted by atomic mass is 19.4. The molecule has 74 valence electrons. The average Bonchev–Trinajstić information content (AvgIpc) is 2.47. The number of aromatic amines is 1. The number of aliphatic hydroxyl groups excluding tert-OH is 1. The quantitative estimate of drug-likeness (QED) is 0.751. The number of aliphatic hydroxyl groups is 1. The number of H-pyrrole nitrogens is 1. The fraction of sp³-hybridized carbons (Fsp3) is 0.500. The van der Waals surface area contributed by atoms with E-state index in [1.807, 2.05) is 0 Å². The SMILES string of the molecule is OCCOc1cn[nH]c1C(F)(F)F. The Hall–Kier alpha value is -1.24. The van der Waals surface area contributed by atoms with Gasteiger partial charge in [0.05, 0.1) is 12.8 Å². The number of nitrogens with zero attached hydrogens (tertiary/aromatic N) is 1. The van der Waals surface area contributed by atoms with E-state index >= 15 is 0 Å². The van der Waals surface area contributed by atoms with E-state index in [4.69, 9.17) is 5.11 Å². The van der Waals surface area contributed by atoms with Gasteiger partial charge in [-0.3, -0.25) is 5.10 Å². The fourth-order valence-corrected chi connectivity index (χ4v) is 0.743. The molecule has 0 saturated heterocycles. The molecular formula is C6H7F3N2O2. The predicted octanol–water partition coefficient (Wildman–Crippen LogP) is 0.800. The summed E-state index contributed by atoms with van der Waals surface area (Å²) in [5.74, 6) is -0.401. The van der Waals surface area contributed by atoms with E-state index < -0.39 is 17.6 Å². The van der Waals surface area contributed by atoms with Gasteiger partial charge in [-0.1, -0.05) is 0 Å². The highest BCUT2D eigenvalue weighted by Crippen LogP contribution is 2.33. The van der Waals surface area contributed by atoms with Gasteiger partial charge in [0.25, 0.3) is 0 Å². The van der Waals surface area contributed by atoms with Gasteiger partial charge < -0.3 is 9.84 Å². The second-order valence-corrected chi connectivity index (χ2v) is 2.18. The Kier molecular flexibility index (Phi) is 2.76. The van der Waals surface area contributed by atoms with Crippen molar-refractivity contribution in [2.45, 2.75) is 6.18 Å². The van der Waals surface area contributed by atoms with Crippen LogP contribution in [0.3, 0.4) is 0 Å². The number of alkyl halides is 3. The summed E-state index contributed by atoms with van der Waals surface area (Å²) in [5, 5.41) is 13.3. The van der Waals surface area contributed by atoms with Crippen LogP contribution in [0.4, 0.5) is 13.2 Å². The molecule has 0 fully saturated rings. The third kappa shape index (κ3) is 2.35. The van der Waals surface area contributed by atoms with Crippen LogP contribution >= 0.6 is 0 Å². The van der Waals surface area contributed by atoms with Gasteiger partial charge in [0.1, 0.15) is 6.61 Å². The number of rotatable bonds is 3. The second-order valence-electron chi connectivity index (χ2n) is 2.18. The van der Waals surface area contributed by atoms with E-state index in [0.717, 1.165) is 6.20 Å². The molecule has 0 aliphatic carbocycles. The molecular weight excluding hydrogens is 189 g/mol. The normalized spacial score (nSPS) is 11.7. The van der Waals surface area contributed by atoms with E-state index in [2.05, 4.69) is 9.84 Å². The van der Waals surface area contributed by atoms with E-state index in [-0.39, 0.29) is 13.2 Å². The minimum Gasteiger partial charge on any atom is -0.487 e. The molecule has 0 saturated carbocycles. The molecule has 0 radical (unpaired) electrons. The maximum Gasteiger partial charge on any atom is 0.436 e. The van der Waals surface area contributed by atoms with Crippen LogP contribution in [0.25, 0.3) is 0 Å². The summed E-state index contributed by atoms with van der Waals surface area (Å²) in [7, 11) is 0. The van der Waals surface area contributed by atoms with Gasteiger partial charge in [0.15, 0.2) is 11.4 Å². The smallest absolute Gasteiger partial charge is 0.436 e. The first kappa shape index (κ1) is 9.85. The van der Waals surface area contributed by atoms with Crippen molar-refractivity contribution in [1.82, 2.24) is 10.2 Å². The summed E-state index contributed by atoms with van der Waals surface area (Å²) >= 11 is 0. The van der Waals surface area contributed by atoms with Crippen LogP contribution in [0.1, 0.15) is 5.69 Å². The summed E-state index contributed by atoms with van der Waals surface area (Å²) in [6.07, 6.45) is -3.60. The van der Waals surface area contributed by atoms with Crippen LogP contribution in [0.15, 0.2) is 6.20 Å². The molecule has 13 heavy (non-hydrogen) atoms. The van der Waals surface area contributed by atoms with Crippen LogP contribution in [0.2, 0.25) is 0 Å².